The number of aromatic amines is 1. The van der Waals surface area contributed by atoms with Crippen LogP contribution in [0.3, 0.4) is 0 Å². The van der Waals surface area contributed by atoms with E-state index in [4.69, 9.17) is 0 Å². The highest BCUT2D eigenvalue weighted by Crippen LogP contribution is 2.34. The summed E-state index contributed by atoms with van der Waals surface area (Å²) in [5, 5.41) is 0. The molecule has 106 valence electrons. The molecule has 1 N–H and O–H groups in total. The van der Waals surface area contributed by atoms with Gasteiger partial charge in [0.15, 0.2) is 4.21 Å². The van der Waals surface area contributed by atoms with E-state index < -0.39 is 20.7 Å². The predicted octanol–water partition coefficient (Wildman–Crippen LogP) is 1.64. The van der Waals surface area contributed by atoms with Gasteiger partial charge < -0.3 is 4.98 Å². The van der Waals surface area contributed by atoms with Gasteiger partial charge in [-0.05, 0) is 31.0 Å². The Hall–Kier alpha value is -1.67. The number of aromatic nitrogens is 1. The van der Waals surface area contributed by atoms with Crippen LogP contribution < -0.4 is 9.18 Å². The lowest BCUT2D eigenvalue weighted by Crippen LogP contribution is -2.29. The Morgan fingerprint density at radius 1 is 1.40 bits per heavy atom. The predicted molar refractivity (Wildman–Crippen MR) is 74.3 cm³/mol. The van der Waals surface area contributed by atoms with Crippen LogP contribution >= 0.6 is 11.3 Å². The normalized spacial score (nSPS) is 14.6. The van der Waals surface area contributed by atoms with Crippen molar-refractivity contribution in [2.75, 3.05) is 10.8 Å². The van der Waals surface area contributed by atoms with E-state index in [0.29, 0.717) is 29.1 Å². The molecule has 8 heteroatoms. The van der Waals surface area contributed by atoms with E-state index in [1.165, 1.54) is 19.1 Å². The monoisotopic (exact) mass is 314 g/mol. The van der Waals surface area contributed by atoms with E-state index >= 15 is 0 Å². The first-order valence-electron chi connectivity index (χ1n) is 5.90. The lowest BCUT2D eigenvalue weighted by Gasteiger charge is -2.18. The summed E-state index contributed by atoms with van der Waals surface area (Å²) in [6.07, 6.45) is 0.535. The Morgan fingerprint density at radius 3 is 2.80 bits per heavy atom. The summed E-state index contributed by atoms with van der Waals surface area (Å²) in [6.45, 7) is 1.79. The maximum absolute atomic E-state index is 13.3. The minimum atomic E-state index is -3.82. The lowest BCUT2D eigenvalue weighted by atomic mass is 10.2. The average molecular weight is 314 g/mol. The van der Waals surface area contributed by atoms with Gasteiger partial charge in [0.05, 0.1) is 5.69 Å². The Labute approximate surface area is 118 Å². The van der Waals surface area contributed by atoms with Crippen LogP contribution in [0.25, 0.3) is 0 Å². The Kier molecular flexibility index (Phi) is 2.94. The van der Waals surface area contributed by atoms with Crippen molar-refractivity contribution in [2.45, 2.75) is 17.6 Å². The summed E-state index contributed by atoms with van der Waals surface area (Å²) in [5.41, 5.74) is 1.45. The minimum absolute atomic E-state index is 0.0142. The van der Waals surface area contributed by atoms with Crippen LogP contribution in [0.15, 0.2) is 27.2 Å². The van der Waals surface area contributed by atoms with E-state index in [-0.39, 0.29) is 10.8 Å². The molecule has 1 aliphatic heterocycles. The van der Waals surface area contributed by atoms with Gasteiger partial charge in [0.2, 0.25) is 0 Å². The number of fused-ring (bicyclic) bond motifs is 1. The molecule has 2 heterocycles. The van der Waals surface area contributed by atoms with Crippen molar-refractivity contribution in [3.8, 4) is 0 Å². The van der Waals surface area contributed by atoms with Crippen molar-refractivity contribution in [3.63, 3.8) is 0 Å². The number of nitrogens with one attached hydrogen (secondary N) is 1. The van der Waals surface area contributed by atoms with E-state index in [1.807, 2.05) is 0 Å². The van der Waals surface area contributed by atoms with Crippen molar-refractivity contribution < 1.29 is 12.8 Å². The molecule has 0 saturated heterocycles. The molecule has 1 aromatic carbocycles. The molecule has 0 atom stereocenters. The fraction of sp³-hybridized carbons (Fsp3) is 0.250. The van der Waals surface area contributed by atoms with Crippen LogP contribution in [0, 0.1) is 12.7 Å². The maximum atomic E-state index is 13.3. The van der Waals surface area contributed by atoms with Gasteiger partial charge in [-0.25, -0.2) is 12.8 Å². The standard InChI is InChI=1S/C12H11FN2O3S2/c1-7-11(19-12(16)14-7)20(17,18)15-5-4-8-2-3-9(13)6-10(8)15/h2-3,6H,4-5H2,1H3,(H,14,16). The first-order chi connectivity index (χ1) is 9.39. The molecule has 5 nitrogen and oxygen atoms in total. The molecule has 0 fully saturated rings. The second kappa shape index (κ2) is 4.42. The first-order valence-corrected chi connectivity index (χ1v) is 8.16. The zero-order chi connectivity index (χ0) is 14.5. The molecule has 1 aromatic heterocycles. The van der Waals surface area contributed by atoms with E-state index in [2.05, 4.69) is 4.98 Å². The van der Waals surface area contributed by atoms with Gasteiger partial charge in [-0.15, -0.1) is 0 Å². The molecule has 0 spiro atoms. The Balaban J connectivity index is 2.14. The molecule has 2 aromatic rings. The molecule has 20 heavy (non-hydrogen) atoms. The first kappa shape index (κ1) is 13.3. The highest BCUT2D eigenvalue weighted by molar-refractivity contribution is 7.94. The summed E-state index contributed by atoms with van der Waals surface area (Å²) < 4.78 is 39.7. The lowest BCUT2D eigenvalue weighted by molar-refractivity contribution is 0.593. The summed E-state index contributed by atoms with van der Waals surface area (Å²) in [4.78, 5) is 13.3. The second-order valence-electron chi connectivity index (χ2n) is 4.53. The highest BCUT2D eigenvalue weighted by atomic mass is 32.2. The van der Waals surface area contributed by atoms with Gasteiger partial charge in [-0.3, -0.25) is 9.10 Å². The maximum Gasteiger partial charge on any atom is 0.306 e. The number of aryl methyl sites for hydroxylation is 1. The average Bonchev–Trinajstić information content (AvgIpc) is 2.92. The zero-order valence-electron chi connectivity index (χ0n) is 10.5. The minimum Gasteiger partial charge on any atom is -0.315 e. The SMILES string of the molecule is Cc1[nH]c(=O)sc1S(=O)(=O)N1CCc2ccc(F)cc21. The number of nitrogens with zero attached hydrogens (tertiary/aromatic N) is 1. The fourth-order valence-electron chi connectivity index (χ4n) is 2.31. The van der Waals surface area contributed by atoms with Crippen molar-refractivity contribution in [1.82, 2.24) is 4.98 Å². The van der Waals surface area contributed by atoms with Gasteiger partial charge in [0.25, 0.3) is 10.0 Å². The summed E-state index contributed by atoms with van der Waals surface area (Å²) >= 11 is 0.653. The van der Waals surface area contributed by atoms with Gasteiger partial charge in [-0.2, -0.15) is 0 Å². The number of hydrogen-bond donors (Lipinski definition) is 1. The molecule has 0 amide bonds. The molecule has 0 radical (unpaired) electrons. The summed E-state index contributed by atoms with van der Waals surface area (Å²) in [5.74, 6) is -0.482. The number of sulfonamides is 1. The van der Waals surface area contributed by atoms with Crippen LogP contribution in [-0.2, 0) is 16.4 Å². The van der Waals surface area contributed by atoms with Crippen LogP contribution in [0.5, 0.6) is 0 Å². The number of rotatable bonds is 2. The van der Waals surface area contributed by atoms with Gasteiger partial charge >= 0.3 is 4.87 Å². The molecule has 3 rings (SSSR count). The molecular formula is C12H11FN2O3S2. The van der Waals surface area contributed by atoms with Gasteiger partial charge in [-0.1, -0.05) is 17.4 Å². The Morgan fingerprint density at radius 2 is 2.15 bits per heavy atom. The van der Waals surface area contributed by atoms with E-state index in [1.54, 1.807) is 6.07 Å². The van der Waals surface area contributed by atoms with Crippen molar-refractivity contribution in [2.24, 2.45) is 0 Å². The number of anilines is 1. The molecule has 0 saturated carbocycles. The number of hydrogen-bond acceptors (Lipinski definition) is 4. The molecular weight excluding hydrogens is 303 g/mol. The smallest absolute Gasteiger partial charge is 0.306 e. The van der Waals surface area contributed by atoms with Gasteiger partial charge in [0, 0.05) is 12.2 Å². The Bertz CT molecular complexity index is 839. The van der Waals surface area contributed by atoms with Crippen LogP contribution in [0.4, 0.5) is 10.1 Å². The molecule has 0 bridgehead atoms. The van der Waals surface area contributed by atoms with E-state index in [9.17, 15) is 17.6 Å². The van der Waals surface area contributed by atoms with Crippen LogP contribution in [0.2, 0.25) is 0 Å². The molecule has 1 aliphatic rings. The largest absolute Gasteiger partial charge is 0.315 e. The molecule has 0 unspecified atom stereocenters. The number of H-pyrrole nitrogens is 1. The van der Waals surface area contributed by atoms with Crippen molar-refractivity contribution in [3.05, 3.63) is 44.9 Å². The van der Waals surface area contributed by atoms with Gasteiger partial charge in [0.1, 0.15) is 5.82 Å². The third-order valence-corrected chi connectivity index (χ3v) is 6.60. The third-order valence-electron chi connectivity index (χ3n) is 3.21. The quantitative estimate of drug-likeness (QED) is 0.916. The second-order valence-corrected chi connectivity index (χ2v) is 7.57. The fourth-order valence-corrected chi connectivity index (χ4v) is 5.20. The summed E-state index contributed by atoms with van der Waals surface area (Å²) in [7, 11) is -3.82. The number of benzene rings is 1. The van der Waals surface area contributed by atoms with Crippen LogP contribution in [0.1, 0.15) is 11.3 Å². The highest BCUT2D eigenvalue weighted by Gasteiger charge is 2.33. The number of halogens is 1. The van der Waals surface area contributed by atoms with Crippen molar-refractivity contribution >= 4 is 27.0 Å². The molecule has 0 aliphatic carbocycles. The third kappa shape index (κ3) is 1.95. The summed E-state index contributed by atoms with van der Waals surface area (Å²) in [6, 6.07) is 4.12. The zero-order valence-corrected chi connectivity index (χ0v) is 12.1. The number of thiazole rings is 1. The van der Waals surface area contributed by atoms with Crippen LogP contribution in [-0.4, -0.2) is 19.9 Å². The van der Waals surface area contributed by atoms with Crippen molar-refractivity contribution in [1.29, 1.82) is 0 Å². The topological polar surface area (TPSA) is 70.2 Å². The van der Waals surface area contributed by atoms with E-state index in [0.717, 1.165) is 9.87 Å².